The fourth-order valence-electron chi connectivity index (χ4n) is 1.11. The first-order valence-corrected chi connectivity index (χ1v) is 5.01. The molecule has 1 N–H and O–H groups in total. The maximum Gasteiger partial charge on any atom is 0.127 e. The molecule has 0 bridgehead atoms. The van der Waals surface area contributed by atoms with E-state index in [1.807, 2.05) is 19.2 Å². The smallest absolute Gasteiger partial charge is 0.127 e. The Hall–Kier alpha value is -0.610. The molecule has 70 valence electrons. The van der Waals surface area contributed by atoms with Crippen LogP contribution < -0.4 is 5.32 Å². The van der Waals surface area contributed by atoms with Gasteiger partial charge in [-0.3, -0.25) is 0 Å². The van der Waals surface area contributed by atoms with E-state index in [2.05, 4.69) is 26.2 Å². The molecule has 0 unspecified atom stereocenters. The number of halogens is 1. The number of pyridine rings is 1. The molecule has 1 fully saturated rings. The Kier molecular flexibility index (Phi) is 2.51. The molecule has 1 aromatic heterocycles. The van der Waals surface area contributed by atoms with Crippen molar-refractivity contribution in [3.63, 3.8) is 0 Å². The topological polar surface area (TPSA) is 34.2 Å². The van der Waals surface area contributed by atoms with Gasteiger partial charge in [0.1, 0.15) is 5.82 Å². The van der Waals surface area contributed by atoms with E-state index >= 15 is 0 Å². The molecule has 1 aliphatic rings. The van der Waals surface area contributed by atoms with Crippen LogP contribution in [0.3, 0.4) is 0 Å². The predicted molar refractivity (Wildman–Crippen MR) is 54.9 cm³/mol. The molecule has 0 saturated carbocycles. The Morgan fingerprint density at radius 2 is 2.38 bits per heavy atom. The third kappa shape index (κ3) is 2.00. The number of anilines is 1. The number of ether oxygens (including phenoxy) is 1. The minimum absolute atomic E-state index is 0.433. The Bertz CT molecular complexity index is 312. The second-order valence-electron chi connectivity index (χ2n) is 3.20. The van der Waals surface area contributed by atoms with Crippen molar-refractivity contribution in [2.75, 3.05) is 18.5 Å². The van der Waals surface area contributed by atoms with Gasteiger partial charge in [0.15, 0.2) is 0 Å². The zero-order chi connectivity index (χ0) is 9.26. The number of aromatic nitrogens is 1. The van der Waals surface area contributed by atoms with Crippen LogP contribution in [0.5, 0.6) is 0 Å². The van der Waals surface area contributed by atoms with E-state index in [0.29, 0.717) is 6.04 Å². The maximum atomic E-state index is 5.06. The predicted octanol–water partition coefficient (Wildman–Crippen LogP) is 1.96. The van der Waals surface area contributed by atoms with Crippen molar-refractivity contribution < 1.29 is 4.74 Å². The lowest BCUT2D eigenvalue weighted by Gasteiger charge is -2.27. The fourth-order valence-corrected chi connectivity index (χ4v) is 1.43. The van der Waals surface area contributed by atoms with Crippen LogP contribution in [0.2, 0.25) is 0 Å². The Labute approximate surface area is 85.6 Å². The highest BCUT2D eigenvalue weighted by Crippen LogP contribution is 2.19. The molecule has 4 heteroatoms. The quantitative estimate of drug-likeness (QED) is 0.862. The third-order valence-electron chi connectivity index (χ3n) is 2.03. The van der Waals surface area contributed by atoms with Crippen LogP contribution in [-0.4, -0.2) is 24.2 Å². The highest BCUT2D eigenvalue weighted by atomic mass is 79.9. The van der Waals surface area contributed by atoms with Crippen LogP contribution in [0.1, 0.15) is 5.56 Å². The van der Waals surface area contributed by atoms with E-state index in [1.165, 1.54) is 0 Å². The summed E-state index contributed by atoms with van der Waals surface area (Å²) in [5.41, 5.74) is 1.15. The first-order valence-electron chi connectivity index (χ1n) is 4.22. The first kappa shape index (κ1) is 8.97. The van der Waals surface area contributed by atoms with E-state index in [-0.39, 0.29) is 0 Å². The molecule has 0 amide bonds. The highest BCUT2D eigenvalue weighted by Gasteiger charge is 2.18. The SMILES string of the molecule is Cc1cnc(NC2COC2)cc1Br. The van der Waals surface area contributed by atoms with E-state index in [9.17, 15) is 0 Å². The van der Waals surface area contributed by atoms with Gasteiger partial charge in [-0.05, 0) is 18.6 Å². The Morgan fingerprint density at radius 3 is 2.92 bits per heavy atom. The summed E-state index contributed by atoms with van der Waals surface area (Å²) >= 11 is 3.46. The second-order valence-corrected chi connectivity index (χ2v) is 4.05. The lowest BCUT2D eigenvalue weighted by Crippen LogP contribution is -2.40. The van der Waals surface area contributed by atoms with Crippen LogP contribution in [-0.2, 0) is 4.74 Å². The van der Waals surface area contributed by atoms with Crippen LogP contribution in [0.15, 0.2) is 16.7 Å². The van der Waals surface area contributed by atoms with Crippen molar-refractivity contribution in [3.05, 3.63) is 22.3 Å². The molecular formula is C9H11BrN2O. The van der Waals surface area contributed by atoms with Gasteiger partial charge < -0.3 is 10.1 Å². The van der Waals surface area contributed by atoms with Crippen molar-refractivity contribution >= 4 is 21.7 Å². The van der Waals surface area contributed by atoms with Crippen molar-refractivity contribution in [3.8, 4) is 0 Å². The van der Waals surface area contributed by atoms with Crippen molar-refractivity contribution in [1.29, 1.82) is 0 Å². The summed E-state index contributed by atoms with van der Waals surface area (Å²) in [6.45, 7) is 3.59. The maximum absolute atomic E-state index is 5.06. The summed E-state index contributed by atoms with van der Waals surface area (Å²) < 4.78 is 6.15. The number of aryl methyl sites for hydroxylation is 1. The number of nitrogens with one attached hydrogen (secondary N) is 1. The van der Waals surface area contributed by atoms with Crippen molar-refractivity contribution in [1.82, 2.24) is 4.98 Å². The van der Waals surface area contributed by atoms with E-state index in [1.54, 1.807) is 0 Å². The van der Waals surface area contributed by atoms with E-state index in [4.69, 9.17) is 4.74 Å². The second kappa shape index (κ2) is 3.64. The van der Waals surface area contributed by atoms with Gasteiger partial charge in [-0.25, -0.2) is 4.98 Å². The van der Waals surface area contributed by atoms with E-state index in [0.717, 1.165) is 29.1 Å². The molecule has 3 nitrogen and oxygen atoms in total. The molecule has 1 aliphatic heterocycles. The standard InChI is InChI=1S/C9H11BrN2O/c1-6-3-11-9(2-8(6)10)12-7-4-13-5-7/h2-3,7H,4-5H2,1H3,(H,11,12). The van der Waals surface area contributed by atoms with Crippen LogP contribution in [0.25, 0.3) is 0 Å². The van der Waals surface area contributed by atoms with Gasteiger partial charge >= 0.3 is 0 Å². The highest BCUT2D eigenvalue weighted by molar-refractivity contribution is 9.10. The van der Waals surface area contributed by atoms with Gasteiger partial charge in [0.25, 0.3) is 0 Å². The Balaban J connectivity index is 2.07. The summed E-state index contributed by atoms with van der Waals surface area (Å²) in [5, 5.41) is 3.28. The molecule has 0 spiro atoms. The average Bonchev–Trinajstić information content (AvgIpc) is 2.04. The largest absolute Gasteiger partial charge is 0.377 e. The monoisotopic (exact) mass is 242 g/mol. The molecule has 2 rings (SSSR count). The van der Waals surface area contributed by atoms with Gasteiger partial charge in [0, 0.05) is 10.7 Å². The summed E-state index contributed by atoms with van der Waals surface area (Å²) in [4.78, 5) is 4.26. The van der Waals surface area contributed by atoms with Crippen LogP contribution in [0.4, 0.5) is 5.82 Å². The number of hydrogen-bond donors (Lipinski definition) is 1. The molecule has 1 aromatic rings. The molecular weight excluding hydrogens is 232 g/mol. The normalized spacial score (nSPS) is 16.8. The van der Waals surface area contributed by atoms with Crippen molar-refractivity contribution in [2.45, 2.75) is 13.0 Å². The summed E-state index contributed by atoms with van der Waals surface area (Å²) in [6.07, 6.45) is 1.85. The Morgan fingerprint density at radius 1 is 1.62 bits per heavy atom. The third-order valence-corrected chi connectivity index (χ3v) is 2.88. The van der Waals surface area contributed by atoms with Crippen LogP contribution in [0, 0.1) is 6.92 Å². The first-order chi connectivity index (χ1) is 6.25. The molecule has 2 heterocycles. The molecule has 0 aromatic carbocycles. The summed E-state index contributed by atoms with van der Waals surface area (Å²) in [6, 6.07) is 2.43. The van der Waals surface area contributed by atoms with Gasteiger partial charge in [-0.15, -0.1) is 0 Å². The lowest BCUT2D eigenvalue weighted by atomic mass is 10.2. The number of nitrogens with zero attached hydrogens (tertiary/aromatic N) is 1. The minimum atomic E-state index is 0.433. The number of hydrogen-bond acceptors (Lipinski definition) is 3. The van der Waals surface area contributed by atoms with E-state index < -0.39 is 0 Å². The lowest BCUT2D eigenvalue weighted by molar-refractivity contribution is 0.0209. The molecule has 13 heavy (non-hydrogen) atoms. The molecule has 1 saturated heterocycles. The van der Waals surface area contributed by atoms with Gasteiger partial charge in [0.2, 0.25) is 0 Å². The fraction of sp³-hybridized carbons (Fsp3) is 0.444. The molecule has 0 aliphatic carbocycles. The zero-order valence-corrected chi connectivity index (χ0v) is 8.97. The minimum Gasteiger partial charge on any atom is -0.377 e. The van der Waals surface area contributed by atoms with Gasteiger partial charge in [-0.2, -0.15) is 0 Å². The molecule has 0 radical (unpaired) electrons. The summed E-state index contributed by atoms with van der Waals surface area (Å²) in [5.74, 6) is 0.908. The van der Waals surface area contributed by atoms with Gasteiger partial charge in [-0.1, -0.05) is 15.9 Å². The van der Waals surface area contributed by atoms with Crippen LogP contribution >= 0.6 is 15.9 Å². The average molecular weight is 243 g/mol. The van der Waals surface area contributed by atoms with Crippen molar-refractivity contribution in [2.24, 2.45) is 0 Å². The van der Waals surface area contributed by atoms with Gasteiger partial charge in [0.05, 0.1) is 19.3 Å². The summed E-state index contributed by atoms with van der Waals surface area (Å²) in [7, 11) is 0. The molecule has 0 atom stereocenters. The zero-order valence-electron chi connectivity index (χ0n) is 7.38. The number of rotatable bonds is 2.